The van der Waals surface area contributed by atoms with Crippen LogP contribution in [-0.2, 0) is 14.8 Å². The van der Waals surface area contributed by atoms with Crippen LogP contribution in [-0.4, -0.2) is 68.6 Å². The predicted molar refractivity (Wildman–Crippen MR) is 103 cm³/mol. The number of hydrogen-bond donors (Lipinski definition) is 0. The summed E-state index contributed by atoms with van der Waals surface area (Å²) >= 11 is 0. The minimum Gasteiger partial charge on any atom is -0.379 e. The molecule has 0 radical (unpaired) electrons. The number of carbonyl (C=O) groups is 2. The molecule has 0 aromatic heterocycles. The Kier molecular flexibility index (Phi) is 5.11. The number of sulfonamides is 1. The summed E-state index contributed by atoms with van der Waals surface area (Å²) in [5.74, 6) is -0.454. The number of morpholine rings is 1. The van der Waals surface area contributed by atoms with Crippen molar-refractivity contribution in [3.63, 3.8) is 0 Å². The number of Topliss-reactive ketones (excluding diaryl/α,β-unsaturated/α-hetero) is 2. The molecular weight excluding hydrogens is 380 g/mol. The van der Waals surface area contributed by atoms with E-state index in [1.165, 1.54) is 10.4 Å². The predicted octanol–water partition coefficient (Wildman–Crippen LogP) is 1.67. The molecule has 1 aliphatic carbocycles. The van der Waals surface area contributed by atoms with E-state index in [-0.39, 0.29) is 53.8 Å². The SMILES string of the molecule is CC1CCN(C2=C(S(=O)(=O)N3CCOCC3)C(=O)c3ccccc3C2=O)CC1. The van der Waals surface area contributed by atoms with E-state index in [0.717, 1.165) is 12.8 Å². The molecule has 2 fully saturated rings. The van der Waals surface area contributed by atoms with Gasteiger partial charge in [0, 0.05) is 37.3 Å². The number of benzene rings is 1. The number of allylic oxidation sites excluding steroid dienone is 2. The highest BCUT2D eigenvalue weighted by Gasteiger charge is 2.44. The average molecular weight is 404 g/mol. The van der Waals surface area contributed by atoms with Gasteiger partial charge in [-0.1, -0.05) is 31.2 Å². The molecule has 3 aliphatic rings. The zero-order chi connectivity index (χ0) is 19.9. The molecule has 1 aromatic carbocycles. The number of ether oxygens (including phenoxy) is 1. The maximum atomic E-state index is 13.4. The number of hydrogen-bond acceptors (Lipinski definition) is 6. The molecule has 0 saturated carbocycles. The third-order valence-corrected chi connectivity index (χ3v) is 7.66. The van der Waals surface area contributed by atoms with Gasteiger partial charge in [0.2, 0.25) is 21.6 Å². The molecule has 7 nitrogen and oxygen atoms in total. The van der Waals surface area contributed by atoms with Crippen LogP contribution in [0, 0.1) is 5.92 Å². The summed E-state index contributed by atoms with van der Waals surface area (Å²) in [6, 6.07) is 6.47. The summed E-state index contributed by atoms with van der Waals surface area (Å²) in [5.41, 5.74) is 0.484. The van der Waals surface area contributed by atoms with Crippen LogP contribution >= 0.6 is 0 Å². The van der Waals surface area contributed by atoms with Gasteiger partial charge in [0.1, 0.15) is 5.70 Å². The topological polar surface area (TPSA) is 84.0 Å². The number of carbonyl (C=O) groups excluding carboxylic acids is 2. The van der Waals surface area contributed by atoms with Gasteiger partial charge >= 0.3 is 0 Å². The van der Waals surface area contributed by atoms with Crippen molar-refractivity contribution in [1.82, 2.24) is 9.21 Å². The minimum atomic E-state index is -4.10. The molecule has 2 heterocycles. The van der Waals surface area contributed by atoms with Crippen LogP contribution in [0.15, 0.2) is 34.9 Å². The first kappa shape index (κ1) is 19.3. The first-order valence-corrected chi connectivity index (χ1v) is 11.1. The van der Waals surface area contributed by atoms with Crippen LogP contribution < -0.4 is 0 Å². The molecule has 0 unspecified atom stereocenters. The largest absolute Gasteiger partial charge is 0.379 e. The first-order chi connectivity index (χ1) is 13.4. The van der Waals surface area contributed by atoms with Crippen molar-refractivity contribution >= 4 is 21.6 Å². The molecule has 150 valence electrons. The van der Waals surface area contributed by atoms with Gasteiger partial charge in [-0.25, -0.2) is 8.42 Å². The maximum absolute atomic E-state index is 13.4. The lowest BCUT2D eigenvalue weighted by atomic mass is 9.90. The Balaban J connectivity index is 1.86. The second-order valence-corrected chi connectivity index (χ2v) is 9.44. The lowest BCUT2D eigenvalue weighted by Gasteiger charge is -2.37. The molecule has 2 aliphatic heterocycles. The van der Waals surface area contributed by atoms with Crippen molar-refractivity contribution in [3.05, 3.63) is 46.0 Å². The molecule has 4 rings (SSSR count). The Morgan fingerprint density at radius 1 is 0.929 bits per heavy atom. The molecule has 0 N–H and O–H groups in total. The van der Waals surface area contributed by atoms with E-state index >= 15 is 0 Å². The summed E-state index contributed by atoms with van der Waals surface area (Å²) in [7, 11) is -4.10. The lowest BCUT2D eigenvalue weighted by Crippen LogP contribution is -2.46. The Hall–Kier alpha value is -2.03. The fraction of sp³-hybridized carbons (Fsp3) is 0.500. The molecule has 0 spiro atoms. The van der Waals surface area contributed by atoms with E-state index in [1.807, 2.05) is 0 Å². The molecular formula is C20H24N2O5S. The molecule has 1 aromatic rings. The molecule has 8 heteroatoms. The van der Waals surface area contributed by atoms with Crippen molar-refractivity contribution in [2.75, 3.05) is 39.4 Å². The fourth-order valence-corrected chi connectivity index (χ4v) is 5.71. The first-order valence-electron chi connectivity index (χ1n) is 9.67. The summed E-state index contributed by atoms with van der Waals surface area (Å²) < 4.78 is 33.4. The number of nitrogens with zero attached hydrogens (tertiary/aromatic N) is 2. The van der Waals surface area contributed by atoms with Crippen molar-refractivity contribution < 1.29 is 22.7 Å². The van der Waals surface area contributed by atoms with Crippen LogP contribution in [0.1, 0.15) is 40.5 Å². The van der Waals surface area contributed by atoms with E-state index in [2.05, 4.69) is 6.92 Å². The van der Waals surface area contributed by atoms with E-state index < -0.39 is 15.8 Å². The van der Waals surface area contributed by atoms with Crippen LogP contribution in [0.5, 0.6) is 0 Å². The quantitative estimate of drug-likeness (QED) is 0.762. The van der Waals surface area contributed by atoms with Crippen molar-refractivity contribution in [2.24, 2.45) is 5.92 Å². The van der Waals surface area contributed by atoms with E-state index in [4.69, 9.17) is 4.74 Å². The van der Waals surface area contributed by atoms with Crippen LogP contribution in [0.25, 0.3) is 0 Å². The van der Waals surface area contributed by atoms with Crippen molar-refractivity contribution in [3.8, 4) is 0 Å². The summed E-state index contributed by atoms with van der Waals surface area (Å²) in [6.45, 7) is 4.20. The molecule has 0 atom stereocenters. The lowest BCUT2D eigenvalue weighted by molar-refractivity contribution is 0.0730. The highest BCUT2D eigenvalue weighted by molar-refractivity contribution is 7.94. The highest BCUT2D eigenvalue weighted by atomic mass is 32.2. The van der Waals surface area contributed by atoms with Crippen molar-refractivity contribution in [1.29, 1.82) is 0 Å². The second-order valence-electron chi connectivity index (χ2n) is 7.57. The fourth-order valence-electron chi connectivity index (χ4n) is 4.01. The Morgan fingerprint density at radius 3 is 2.11 bits per heavy atom. The second kappa shape index (κ2) is 7.42. The zero-order valence-electron chi connectivity index (χ0n) is 15.9. The molecule has 2 saturated heterocycles. The average Bonchev–Trinajstić information content (AvgIpc) is 2.72. The van der Waals surface area contributed by atoms with E-state index in [9.17, 15) is 18.0 Å². The molecule has 0 amide bonds. The van der Waals surface area contributed by atoms with Gasteiger partial charge < -0.3 is 9.64 Å². The van der Waals surface area contributed by atoms with Gasteiger partial charge in [-0.2, -0.15) is 4.31 Å². The standard InChI is InChI=1S/C20H24N2O5S/c1-14-6-8-21(9-7-14)17-18(23)15-4-2-3-5-16(15)19(24)20(17)28(25,26)22-10-12-27-13-11-22/h2-5,14H,6-13H2,1H3. The van der Waals surface area contributed by atoms with E-state index in [0.29, 0.717) is 19.0 Å². The third kappa shape index (κ3) is 3.19. The monoisotopic (exact) mass is 404 g/mol. The maximum Gasteiger partial charge on any atom is 0.249 e. The summed E-state index contributed by atoms with van der Waals surface area (Å²) in [4.78, 5) is 28.0. The highest BCUT2D eigenvalue weighted by Crippen LogP contribution is 2.34. The van der Waals surface area contributed by atoms with Crippen LogP contribution in [0.4, 0.5) is 0 Å². The number of rotatable bonds is 3. The van der Waals surface area contributed by atoms with Gasteiger partial charge in [-0.3, -0.25) is 9.59 Å². The number of fused-ring (bicyclic) bond motifs is 1. The van der Waals surface area contributed by atoms with Gasteiger partial charge in [-0.15, -0.1) is 0 Å². The number of piperidine rings is 1. The Labute approximate surface area is 165 Å². The smallest absolute Gasteiger partial charge is 0.249 e. The normalized spacial score (nSPS) is 22.5. The molecule has 28 heavy (non-hydrogen) atoms. The van der Waals surface area contributed by atoms with Gasteiger partial charge in [0.15, 0.2) is 4.91 Å². The van der Waals surface area contributed by atoms with Crippen LogP contribution in [0.2, 0.25) is 0 Å². The number of likely N-dealkylation sites (tertiary alicyclic amines) is 1. The summed E-state index contributed by atoms with van der Waals surface area (Å²) in [6.07, 6.45) is 1.72. The zero-order valence-corrected chi connectivity index (χ0v) is 16.7. The van der Waals surface area contributed by atoms with Crippen LogP contribution in [0.3, 0.4) is 0 Å². The molecule has 0 bridgehead atoms. The third-order valence-electron chi connectivity index (χ3n) is 5.72. The Bertz CT molecular complexity index is 939. The van der Waals surface area contributed by atoms with Crippen molar-refractivity contribution in [2.45, 2.75) is 19.8 Å². The number of ketones is 2. The van der Waals surface area contributed by atoms with Gasteiger partial charge in [0.25, 0.3) is 0 Å². The minimum absolute atomic E-state index is 0.0436. The van der Waals surface area contributed by atoms with E-state index in [1.54, 1.807) is 23.1 Å². The van der Waals surface area contributed by atoms with Gasteiger partial charge in [0.05, 0.1) is 13.2 Å². The summed E-state index contributed by atoms with van der Waals surface area (Å²) in [5, 5.41) is 0. The van der Waals surface area contributed by atoms with Gasteiger partial charge in [-0.05, 0) is 18.8 Å². The Morgan fingerprint density at radius 2 is 1.50 bits per heavy atom.